The number of benzene rings is 1. The number of aromatic nitrogens is 4. The van der Waals surface area contributed by atoms with Crippen molar-refractivity contribution in [2.75, 3.05) is 31.1 Å². The molecule has 1 saturated heterocycles. The number of rotatable bonds is 3. The highest BCUT2D eigenvalue weighted by atomic mass is 35.5. The van der Waals surface area contributed by atoms with E-state index in [0.717, 1.165) is 11.3 Å². The third-order valence-corrected chi connectivity index (χ3v) is 5.59. The number of nitrogens with zero attached hydrogens (tertiary/aromatic N) is 6. The average Bonchev–Trinajstić information content (AvgIpc) is 3.14. The van der Waals surface area contributed by atoms with Crippen LogP contribution in [0.2, 0.25) is 10.0 Å². The largest absolute Gasteiger partial charge is 0.338 e. The maximum absolute atomic E-state index is 12.0. The molecule has 7 nitrogen and oxygen atoms in total. The van der Waals surface area contributed by atoms with E-state index >= 15 is 0 Å². The average molecular weight is 440 g/mol. The second kappa shape index (κ2) is 7.73. The molecule has 3 aromatic rings. The summed E-state index contributed by atoms with van der Waals surface area (Å²) in [6.45, 7) is 4.12. The molecule has 3 heterocycles. The Kier molecular flexibility index (Phi) is 5.31. The van der Waals surface area contributed by atoms with Gasteiger partial charge in [-0.1, -0.05) is 29.3 Å². The molecule has 0 bridgehead atoms. The van der Waals surface area contributed by atoms with Gasteiger partial charge in [0, 0.05) is 37.9 Å². The molecular formula is C18H17Cl3N6O. The molecule has 1 aromatic carbocycles. The summed E-state index contributed by atoms with van der Waals surface area (Å²) < 4.78 is 1.69. The minimum absolute atomic E-state index is 0.0483. The molecule has 1 atom stereocenters. The first kappa shape index (κ1) is 19.2. The predicted molar refractivity (Wildman–Crippen MR) is 110 cm³/mol. The fourth-order valence-corrected chi connectivity index (χ4v) is 3.61. The van der Waals surface area contributed by atoms with Crippen molar-refractivity contribution in [3.05, 3.63) is 40.5 Å². The Labute approximate surface area is 176 Å². The van der Waals surface area contributed by atoms with Crippen LogP contribution in [0.4, 0.5) is 5.95 Å². The molecule has 10 heteroatoms. The minimum atomic E-state index is -0.516. The lowest BCUT2D eigenvalue weighted by atomic mass is 10.1. The molecule has 4 rings (SSSR count). The Balaban J connectivity index is 1.61. The van der Waals surface area contributed by atoms with Crippen LogP contribution in [0.15, 0.2) is 30.5 Å². The Bertz CT molecular complexity index is 1030. The molecule has 1 fully saturated rings. The van der Waals surface area contributed by atoms with Crippen molar-refractivity contribution in [3.8, 4) is 11.3 Å². The summed E-state index contributed by atoms with van der Waals surface area (Å²) in [5.74, 6) is 1.02. The van der Waals surface area contributed by atoms with Gasteiger partial charge in [-0.05, 0) is 25.1 Å². The first-order valence-electron chi connectivity index (χ1n) is 8.79. The summed E-state index contributed by atoms with van der Waals surface area (Å²) in [4.78, 5) is 24.7. The highest BCUT2D eigenvalue weighted by Crippen LogP contribution is 2.28. The fraction of sp³-hybridized carbons (Fsp3) is 0.333. The van der Waals surface area contributed by atoms with Crippen molar-refractivity contribution in [2.45, 2.75) is 12.3 Å². The predicted octanol–water partition coefficient (Wildman–Crippen LogP) is 3.37. The van der Waals surface area contributed by atoms with Gasteiger partial charge in [0.15, 0.2) is 0 Å². The lowest BCUT2D eigenvalue weighted by molar-refractivity contribution is -0.130. The van der Waals surface area contributed by atoms with E-state index in [9.17, 15) is 4.79 Å². The second-order valence-electron chi connectivity index (χ2n) is 6.51. The van der Waals surface area contributed by atoms with Crippen LogP contribution < -0.4 is 4.90 Å². The smallest absolute Gasteiger partial charge is 0.254 e. The topological polar surface area (TPSA) is 66.6 Å². The Morgan fingerprint density at radius 1 is 1.11 bits per heavy atom. The number of hydrogen-bond acceptors (Lipinski definition) is 5. The van der Waals surface area contributed by atoms with Gasteiger partial charge >= 0.3 is 0 Å². The standard InChI is InChI=1S/C18H17Cl3N6O/c1-11(19)16(28)25-6-8-26(9-7-25)18-23-17-22-5-4-15(27(17)24-18)12-2-3-13(20)14(21)10-12/h2-5,10-11H,6-9H2,1H3/t11-/m1/s1. The van der Waals surface area contributed by atoms with E-state index in [0.29, 0.717) is 48.0 Å². The Morgan fingerprint density at radius 2 is 1.86 bits per heavy atom. The van der Waals surface area contributed by atoms with E-state index in [4.69, 9.17) is 34.8 Å². The third kappa shape index (κ3) is 3.62. The van der Waals surface area contributed by atoms with Crippen molar-refractivity contribution in [1.29, 1.82) is 0 Å². The van der Waals surface area contributed by atoms with Crippen LogP contribution >= 0.6 is 34.8 Å². The molecule has 0 radical (unpaired) electrons. The molecule has 146 valence electrons. The van der Waals surface area contributed by atoms with Gasteiger partial charge in [0.25, 0.3) is 5.78 Å². The van der Waals surface area contributed by atoms with E-state index in [1.807, 2.05) is 17.0 Å². The van der Waals surface area contributed by atoms with Gasteiger partial charge in [-0.25, -0.2) is 4.98 Å². The van der Waals surface area contributed by atoms with E-state index in [1.54, 1.807) is 34.7 Å². The van der Waals surface area contributed by atoms with Crippen LogP contribution in [0.1, 0.15) is 6.92 Å². The molecule has 1 aliphatic heterocycles. The first-order valence-corrected chi connectivity index (χ1v) is 9.98. The summed E-state index contributed by atoms with van der Waals surface area (Å²) in [6, 6.07) is 7.26. The first-order chi connectivity index (χ1) is 13.4. The molecule has 0 unspecified atom stereocenters. The summed E-state index contributed by atoms with van der Waals surface area (Å²) in [5, 5.41) is 5.08. The normalized spacial score (nSPS) is 15.9. The number of carbonyl (C=O) groups is 1. The summed E-state index contributed by atoms with van der Waals surface area (Å²) >= 11 is 18.1. The Morgan fingerprint density at radius 3 is 2.54 bits per heavy atom. The number of piperazine rings is 1. The third-order valence-electron chi connectivity index (χ3n) is 4.66. The van der Waals surface area contributed by atoms with E-state index in [-0.39, 0.29) is 5.91 Å². The number of anilines is 1. The molecule has 1 amide bonds. The molecular weight excluding hydrogens is 423 g/mol. The van der Waals surface area contributed by atoms with E-state index < -0.39 is 5.38 Å². The van der Waals surface area contributed by atoms with E-state index in [2.05, 4.69) is 15.1 Å². The van der Waals surface area contributed by atoms with E-state index in [1.165, 1.54) is 0 Å². The van der Waals surface area contributed by atoms with Crippen LogP contribution in [0.5, 0.6) is 0 Å². The maximum Gasteiger partial charge on any atom is 0.254 e. The van der Waals surface area contributed by atoms with Crippen LogP contribution in [-0.2, 0) is 4.79 Å². The number of carbonyl (C=O) groups excluding carboxylic acids is 1. The monoisotopic (exact) mass is 438 g/mol. The van der Waals surface area contributed by atoms with Crippen molar-refractivity contribution in [1.82, 2.24) is 24.5 Å². The zero-order chi connectivity index (χ0) is 19.8. The molecule has 2 aromatic heterocycles. The quantitative estimate of drug-likeness (QED) is 0.585. The number of halogens is 3. The van der Waals surface area contributed by atoms with Crippen molar-refractivity contribution < 1.29 is 4.79 Å². The highest BCUT2D eigenvalue weighted by Gasteiger charge is 2.26. The molecule has 28 heavy (non-hydrogen) atoms. The van der Waals surface area contributed by atoms with Gasteiger partial charge in [0.05, 0.1) is 15.7 Å². The van der Waals surface area contributed by atoms with Crippen LogP contribution in [0, 0.1) is 0 Å². The summed E-state index contributed by atoms with van der Waals surface area (Å²) in [5.41, 5.74) is 1.68. The number of amides is 1. The number of fused-ring (bicyclic) bond motifs is 1. The van der Waals surface area contributed by atoms with Crippen LogP contribution in [0.25, 0.3) is 17.0 Å². The maximum atomic E-state index is 12.0. The second-order valence-corrected chi connectivity index (χ2v) is 7.98. The zero-order valence-corrected chi connectivity index (χ0v) is 17.3. The number of alkyl halides is 1. The highest BCUT2D eigenvalue weighted by molar-refractivity contribution is 6.42. The molecule has 0 saturated carbocycles. The summed E-state index contributed by atoms with van der Waals surface area (Å²) in [7, 11) is 0. The Hall–Kier alpha value is -2.09. The molecule has 1 aliphatic rings. The number of hydrogen-bond donors (Lipinski definition) is 0. The molecule has 0 aliphatic carbocycles. The van der Waals surface area contributed by atoms with Gasteiger partial charge < -0.3 is 9.80 Å². The van der Waals surface area contributed by atoms with Crippen molar-refractivity contribution in [3.63, 3.8) is 0 Å². The fourth-order valence-electron chi connectivity index (χ4n) is 3.17. The van der Waals surface area contributed by atoms with Gasteiger partial charge in [-0.3, -0.25) is 4.79 Å². The lowest BCUT2D eigenvalue weighted by Crippen LogP contribution is -2.50. The SMILES string of the molecule is C[C@@H](Cl)C(=O)N1CCN(c2nc3nccc(-c4ccc(Cl)c(Cl)c4)n3n2)CC1. The van der Waals surface area contributed by atoms with Gasteiger partial charge in [0.2, 0.25) is 11.9 Å². The van der Waals surface area contributed by atoms with Crippen molar-refractivity contribution >= 4 is 52.4 Å². The van der Waals surface area contributed by atoms with Gasteiger partial charge in [-0.15, -0.1) is 16.7 Å². The van der Waals surface area contributed by atoms with Crippen LogP contribution in [0.3, 0.4) is 0 Å². The summed E-state index contributed by atoms with van der Waals surface area (Å²) in [6.07, 6.45) is 1.68. The molecule has 0 N–H and O–H groups in total. The lowest BCUT2D eigenvalue weighted by Gasteiger charge is -2.34. The van der Waals surface area contributed by atoms with Crippen LogP contribution in [-0.4, -0.2) is 61.9 Å². The minimum Gasteiger partial charge on any atom is -0.338 e. The van der Waals surface area contributed by atoms with Crippen molar-refractivity contribution in [2.24, 2.45) is 0 Å². The van der Waals surface area contributed by atoms with Gasteiger partial charge in [0.1, 0.15) is 5.38 Å². The van der Waals surface area contributed by atoms with Gasteiger partial charge in [-0.2, -0.15) is 9.50 Å². The zero-order valence-electron chi connectivity index (χ0n) is 15.0. The molecule has 0 spiro atoms.